The maximum Gasteiger partial charge on any atom is 0.271 e. The lowest BCUT2D eigenvalue weighted by atomic mass is 10.0. The van der Waals surface area contributed by atoms with E-state index in [0.717, 1.165) is 11.1 Å². The van der Waals surface area contributed by atoms with Gasteiger partial charge in [-0.3, -0.25) is 4.79 Å². The summed E-state index contributed by atoms with van der Waals surface area (Å²) < 4.78 is 10.5. The number of carbonyl (C=O) groups is 1. The molecule has 0 aliphatic rings. The molecule has 4 rings (SSSR count). The van der Waals surface area contributed by atoms with E-state index in [4.69, 9.17) is 9.26 Å². The summed E-state index contributed by atoms with van der Waals surface area (Å²) in [6.45, 7) is 1.90. The zero-order valence-corrected chi connectivity index (χ0v) is 16.9. The second-order valence-corrected chi connectivity index (χ2v) is 6.68. The summed E-state index contributed by atoms with van der Waals surface area (Å²) >= 11 is 0. The summed E-state index contributed by atoms with van der Waals surface area (Å²) in [5, 5.41) is 8.18. The number of hydrazone groups is 1. The van der Waals surface area contributed by atoms with Crippen LogP contribution >= 0.6 is 0 Å². The number of hydrogen-bond donors (Lipinski definition) is 1. The minimum atomic E-state index is -0.315. The molecule has 0 bridgehead atoms. The molecule has 1 amide bonds. The Hall–Kier alpha value is -4.26. The molecule has 4 aromatic rings. The Labute approximate surface area is 179 Å². The first-order valence-electron chi connectivity index (χ1n) is 9.70. The van der Waals surface area contributed by atoms with Crippen molar-refractivity contribution in [2.75, 3.05) is 0 Å². The van der Waals surface area contributed by atoms with Crippen LogP contribution in [0.15, 0.2) is 94.6 Å². The van der Waals surface area contributed by atoms with Crippen LogP contribution in [0.4, 0.5) is 0 Å². The summed E-state index contributed by atoms with van der Waals surface area (Å²) in [6.07, 6.45) is 0. The van der Waals surface area contributed by atoms with E-state index in [1.54, 1.807) is 31.2 Å². The molecule has 7 nitrogen and oxygen atoms in total. The van der Waals surface area contributed by atoms with Gasteiger partial charge in [-0.15, -0.1) is 0 Å². The minimum Gasteiger partial charge on any atom is -0.485 e. The van der Waals surface area contributed by atoms with Crippen molar-refractivity contribution in [3.05, 3.63) is 113 Å². The van der Waals surface area contributed by atoms with E-state index >= 15 is 0 Å². The molecule has 0 aliphatic heterocycles. The monoisotopic (exact) mass is 412 g/mol. The van der Waals surface area contributed by atoms with Crippen LogP contribution in [0.3, 0.4) is 0 Å². The summed E-state index contributed by atoms with van der Waals surface area (Å²) in [4.78, 5) is 16.7. The number of amides is 1. The van der Waals surface area contributed by atoms with E-state index in [1.807, 2.05) is 60.7 Å². The van der Waals surface area contributed by atoms with Crippen molar-refractivity contribution in [1.82, 2.24) is 15.6 Å². The fourth-order valence-corrected chi connectivity index (χ4v) is 2.91. The molecule has 7 heteroatoms. The SMILES string of the molecule is Cc1nc(COc2ccc(C(=O)NN=C(c3ccccc3)c3ccccc3)cc2)no1. The second kappa shape index (κ2) is 9.49. The number of rotatable bonds is 7. The zero-order chi connectivity index (χ0) is 21.5. The minimum absolute atomic E-state index is 0.185. The molecule has 0 aliphatic carbocycles. The molecule has 0 saturated heterocycles. The number of nitrogens with zero attached hydrogens (tertiary/aromatic N) is 3. The zero-order valence-electron chi connectivity index (χ0n) is 16.9. The van der Waals surface area contributed by atoms with Gasteiger partial charge in [0.25, 0.3) is 5.91 Å². The van der Waals surface area contributed by atoms with Gasteiger partial charge >= 0.3 is 0 Å². The molecular formula is C24H20N4O3. The van der Waals surface area contributed by atoms with Crippen molar-refractivity contribution >= 4 is 11.6 Å². The summed E-state index contributed by atoms with van der Waals surface area (Å²) in [7, 11) is 0. The van der Waals surface area contributed by atoms with Crippen molar-refractivity contribution < 1.29 is 14.1 Å². The van der Waals surface area contributed by atoms with Crippen LogP contribution in [0, 0.1) is 6.92 Å². The van der Waals surface area contributed by atoms with E-state index in [-0.39, 0.29) is 12.5 Å². The van der Waals surface area contributed by atoms with E-state index in [9.17, 15) is 4.79 Å². The van der Waals surface area contributed by atoms with Crippen LogP contribution < -0.4 is 10.2 Å². The topological polar surface area (TPSA) is 89.6 Å². The largest absolute Gasteiger partial charge is 0.485 e. The molecule has 0 fully saturated rings. The first-order chi connectivity index (χ1) is 15.2. The van der Waals surface area contributed by atoms with E-state index < -0.39 is 0 Å². The molecule has 0 atom stereocenters. The summed E-state index contributed by atoms with van der Waals surface area (Å²) in [5.41, 5.74) is 5.62. The molecule has 0 saturated carbocycles. The maximum absolute atomic E-state index is 12.6. The van der Waals surface area contributed by atoms with E-state index in [2.05, 4.69) is 20.7 Å². The summed E-state index contributed by atoms with van der Waals surface area (Å²) in [5.74, 6) is 1.22. The molecule has 0 unspecified atom stereocenters. The Kier molecular flexibility index (Phi) is 6.13. The molecule has 1 N–H and O–H groups in total. The highest BCUT2D eigenvalue weighted by molar-refractivity contribution is 6.13. The lowest BCUT2D eigenvalue weighted by molar-refractivity contribution is 0.0955. The number of ether oxygens (including phenoxy) is 1. The van der Waals surface area contributed by atoms with Gasteiger partial charge in [0.05, 0.1) is 5.71 Å². The highest BCUT2D eigenvalue weighted by Gasteiger charge is 2.10. The van der Waals surface area contributed by atoms with Crippen LogP contribution in [-0.4, -0.2) is 21.8 Å². The van der Waals surface area contributed by atoms with E-state index in [1.165, 1.54) is 0 Å². The van der Waals surface area contributed by atoms with Crippen molar-refractivity contribution in [3.8, 4) is 5.75 Å². The van der Waals surface area contributed by atoms with Gasteiger partial charge in [0.2, 0.25) is 11.7 Å². The van der Waals surface area contributed by atoms with Gasteiger partial charge in [0.15, 0.2) is 6.61 Å². The fraction of sp³-hybridized carbons (Fsp3) is 0.0833. The Morgan fingerprint density at radius 2 is 1.52 bits per heavy atom. The third-order valence-corrected chi connectivity index (χ3v) is 4.42. The van der Waals surface area contributed by atoms with Gasteiger partial charge in [0, 0.05) is 23.6 Å². The van der Waals surface area contributed by atoms with Crippen LogP contribution in [0.5, 0.6) is 5.75 Å². The van der Waals surface area contributed by atoms with Crippen LogP contribution in [0.25, 0.3) is 0 Å². The quantitative estimate of drug-likeness (QED) is 0.364. The average Bonchev–Trinajstić information content (AvgIpc) is 3.24. The number of aryl methyl sites for hydroxylation is 1. The number of hydrogen-bond acceptors (Lipinski definition) is 6. The number of benzene rings is 3. The Bertz CT molecular complexity index is 1130. The van der Waals surface area contributed by atoms with Gasteiger partial charge in [0.1, 0.15) is 5.75 Å². The number of aromatic nitrogens is 2. The third-order valence-electron chi connectivity index (χ3n) is 4.42. The van der Waals surface area contributed by atoms with Crippen molar-refractivity contribution in [2.24, 2.45) is 5.10 Å². The highest BCUT2D eigenvalue weighted by Crippen LogP contribution is 2.14. The molecule has 0 radical (unpaired) electrons. The number of carbonyl (C=O) groups excluding carboxylic acids is 1. The van der Waals surface area contributed by atoms with Gasteiger partial charge in [-0.2, -0.15) is 10.1 Å². The lowest BCUT2D eigenvalue weighted by Crippen LogP contribution is -2.20. The fourth-order valence-electron chi connectivity index (χ4n) is 2.91. The van der Waals surface area contributed by atoms with Gasteiger partial charge in [-0.25, -0.2) is 5.43 Å². The first kappa shape index (κ1) is 20.0. The molecule has 1 heterocycles. The van der Waals surface area contributed by atoms with Crippen LogP contribution in [-0.2, 0) is 6.61 Å². The summed E-state index contributed by atoms with van der Waals surface area (Å²) in [6, 6.07) is 26.2. The maximum atomic E-state index is 12.6. The molecule has 154 valence electrons. The molecular weight excluding hydrogens is 392 g/mol. The second-order valence-electron chi connectivity index (χ2n) is 6.68. The van der Waals surface area contributed by atoms with Gasteiger partial charge in [-0.05, 0) is 24.3 Å². The number of nitrogens with one attached hydrogen (secondary N) is 1. The van der Waals surface area contributed by atoms with Crippen molar-refractivity contribution in [1.29, 1.82) is 0 Å². The third kappa shape index (κ3) is 5.22. The van der Waals surface area contributed by atoms with Crippen LogP contribution in [0.1, 0.15) is 33.2 Å². The normalized spacial score (nSPS) is 10.4. The lowest BCUT2D eigenvalue weighted by Gasteiger charge is -2.08. The molecule has 31 heavy (non-hydrogen) atoms. The Balaban J connectivity index is 1.45. The van der Waals surface area contributed by atoms with Crippen molar-refractivity contribution in [2.45, 2.75) is 13.5 Å². The average molecular weight is 412 g/mol. The molecule has 1 aromatic heterocycles. The Morgan fingerprint density at radius 3 is 2.06 bits per heavy atom. The molecule has 3 aromatic carbocycles. The van der Waals surface area contributed by atoms with Crippen LogP contribution in [0.2, 0.25) is 0 Å². The van der Waals surface area contributed by atoms with Gasteiger partial charge < -0.3 is 9.26 Å². The van der Waals surface area contributed by atoms with E-state index in [0.29, 0.717) is 28.7 Å². The highest BCUT2D eigenvalue weighted by atomic mass is 16.5. The molecule has 0 spiro atoms. The van der Waals surface area contributed by atoms with Gasteiger partial charge in [-0.1, -0.05) is 65.8 Å². The standard InChI is InChI=1S/C24H20N4O3/c1-17-25-22(28-31-17)16-30-21-14-12-20(13-15-21)24(29)27-26-23(18-8-4-2-5-9-18)19-10-6-3-7-11-19/h2-15H,16H2,1H3,(H,27,29). The first-order valence-corrected chi connectivity index (χ1v) is 9.70. The van der Waals surface area contributed by atoms with Crippen molar-refractivity contribution in [3.63, 3.8) is 0 Å². The predicted molar refractivity (Wildman–Crippen MR) is 116 cm³/mol. The smallest absolute Gasteiger partial charge is 0.271 e. The predicted octanol–water partition coefficient (Wildman–Crippen LogP) is 4.14. The Morgan fingerprint density at radius 1 is 0.903 bits per heavy atom.